The summed E-state index contributed by atoms with van der Waals surface area (Å²) in [6, 6.07) is 16.8. The molecule has 0 spiro atoms. The van der Waals surface area contributed by atoms with E-state index in [0.717, 1.165) is 16.5 Å². The van der Waals surface area contributed by atoms with Gasteiger partial charge in [0.1, 0.15) is 5.58 Å². The van der Waals surface area contributed by atoms with E-state index in [1.54, 1.807) is 12.0 Å². The number of benzene rings is 2. The van der Waals surface area contributed by atoms with E-state index >= 15 is 0 Å². The lowest BCUT2D eigenvalue weighted by Gasteiger charge is -2.39. The van der Waals surface area contributed by atoms with E-state index in [2.05, 4.69) is 0 Å². The third-order valence-electron chi connectivity index (χ3n) is 5.82. The van der Waals surface area contributed by atoms with Gasteiger partial charge < -0.3 is 19.2 Å². The molecule has 150 valence electrons. The van der Waals surface area contributed by atoms with Crippen molar-refractivity contribution in [2.24, 2.45) is 0 Å². The van der Waals surface area contributed by atoms with E-state index in [9.17, 15) is 14.7 Å². The summed E-state index contributed by atoms with van der Waals surface area (Å²) >= 11 is 0. The lowest BCUT2D eigenvalue weighted by atomic mass is 9.73. The van der Waals surface area contributed by atoms with Crippen LogP contribution in [0.25, 0.3) is 11.0 Å². The molecule has 1 amide bonds. The number of nitrogens with zero attached hydrogens (tertiary/aromatic N) is 1. The minimum absolute atomic E-state index is 0.222. The minimum Gasteiger partial charge on any atom is -0.481 e. The Morgan fingerprint density at radius 3 is 2.38 bits per heavy atom. The molecular formula is C23H23NO5. The predicted molar refractivity (Wildman–Crippen MR) is 108 cm³/mol. The molecule has 0 unspecified atom stereocenters. The van der Waals surface area contributed by atoms with Crippen LogP contribution in [0, 0.1) is 0 Å². The largest absolute Gasteiger partial charge is 0.481 e. The molecule has 0 radical (unpaired) electrons. The van der Waals surface area contributed by atoms with Crippen LogP contribution in [0.2, 0.25) is 0 Å². The van der Waals surface area contributed by atoms with Crippen LogP contribution in [0.15, 0.2) is 59.0 Å². The first-order chi connectivity index (χ1) is 14.1. The van der Waals surface area contributed by atoms with E-state index in [4.69, 9.17) is 9.15 Å². The van der Waals surface area contributed by atoms with Crippen LogP contribution in [0.3, 0.4) is 0 Å². The number of carbonyl (C=O) groups is 2. The topological polar surface area (TPSA) is 80.0 Å². The molecule has 29 heavy (non-hydrogen) atoms. The number of hydrogen-bond donors (Lipinski definition) is 1. The monoisotopic (exact) mass is 393 g/mol. The summed E-state index contributed by atoms with van der Waals surface area (Å²) in [6.07, 6.45) is 0.718. The van der Waals surface area contributed by atoms with E-state index in [1.165, 1.54) is 0 Å². The molecule has 1 aliphatic rings. The summed E-state index contributed by atoms with van der Waals surface area (Å²) in [5.41, 5.74) is 1.18. The minimum atomic E-state index is -0.971. The molecule has 2 aromatic carbocycles. The number of fused-ring (bicyclic) bond motifs is 1. The van der Waals surface area contributed by atoms with E-state index < -0.39 is 11.4 Å². The molecule has 3 aromatic rings. The van der Waals surface area contributed by atoms with Crippen LogP contribution in [-0.4, -0.2) is 42.1 Å². The van der Waals surface area contributed by atoms with Crippen molar-refractivity contribution in [1.29, 1.82) is 0 Å². The van der Waals surface area contributed by atoms with Gasteiger partial charge in [-0.15, -0.1) is 0 Å². The van der Waals surface area contributed by atoms with Gasteiger partial charge in [-0.2, -0.15) is 0 Å². The van der Waals surface area contributed by atoms with Crippen molar-refractivity contribution in [3.8, 4) is 0 Å². The Labute approximate surface area is 168 Å². The number of piperidine rings is 1. The molecule has 4 rings (SSSR count). The summed E-state index contributed by atoms with van der Waals surface area (Å²) in [5, 5.41) is 10.8. The zero-order valence-corrected chi connectivity index (χ0v) is 16.3. The average molecular weight is 393 g/mol. The highest BCUT2D eigenvalue weighted by Gasteiger charge is 2.44. The second kappa shape index (κ2) is 7.72. The standard InChI is InChI=1S/C23H23NO5/c1-28-15-18-17-9-5-6-10-19(17)29-20(18)21(25)24-13-11-23(12-14-24,22(26)27)16-7-3-2-4-8-16/h2-10H,11-15H2,1H3,(H,26,27). The summed E-state index contributed by atoms with van der Waals surface area (Å²) < 4.78 is 11.1. The van der Waals surface area contributed by atoms with Crippen molar-refractivity contribution in [2.45, 2.75) is 24.9 Å². The Bertz CT molecular complexity index is 1030. The summed E-state index contributed by atoms with van der Waals surface area (Å²) in [4.78, 5) is 27.0. The van der Waals surface area contributed by atoms with Crippen molar-refractivity contribution >= 4 is 22.8 Å². The number of carbonyl (C=O) groups excluding carboxylic acids is 1. The van der Waals surface area contributed by atoms with Crippen molar-refractivity contribution < 1.29 is 23.8 Å². The number of aliphatic carboxylic acids is 1. The molecule has 6 heteroatoms. The van der Waals surface area contributed by atoms with Gasteiger partial charge in [-0.3, -0.25) is 9.59 Å². The number of para-hydroxylation sites is 1. The van der Waals surface area contributed by atoms with Crippen LogP contribution in [-0.2, 0) is 21.6 Å². The highest BCUT2D eigenvalue weighted by Crippen LogP contribution is 2.37. The fourth-order valence-corrected chi connectivity index (χ4v) is 4.18. The quantitative estimate of drug-likeness (QED) is 0.712. The molecule has 0 saturated carbocycles. The fraction of sp³-hybridized carbons (Fsp3) is 0.304. The van der Waals surface area contributed by atoms with Gasteiger partial charge in [-0.25, -0.2) is 0 Å². The molecule has 1 aromatic heterocycles. The average Bonchev–Trinajstić information content (AvgIpc) is 3.13. The van der Waals surface area contributed by atoms with Crippen molar-refractivity contribution in [1.82, 2.24) is 4.90 Å². The highest BCUT2D eigenvalue weighted by atomic mass is 16.5. The molecule has 0 bridgehead atoms. The Morgan fingerprint density at radius 1 is 1.07 bits per heavy atom. The third-order valence-corrected chi connectivity index (χ3v) is 5.82. The molecule has 1 fully saturated rings. The number of methoxy groups -OCH3 is 1. The lowest BCUT2D eigenvalue weighted by Crippen LogP contribution is -2.49. The number of carboxylic acid groups (broad SMARTS) is 1. The van der Waals surface area contributed by atoms with Gasteiger partial charge in [0.2, 0.25) is 0 Å². The van der Waals surface area contributed by atoms with E-state index in [-0.39, 0.29) is 18.3 Å². The third kappa shape index (κ3) is 3.29. The maximum atomic E-state index is 13.2. The fourth-order valence-electron chi connectivity index (χ4n) is 4.18. The van der Waals surface area contributed by atoms with Gasteiger partial charge in [0, 0.05) is 31.1 Å². The molecule has 0 aliphatic carbocycles. The second-order valence-electron chi connectivity index (χ2n) is 7.38. The van der Waals surface area contributed by atoms with Crippen LogP contribution < -0.4 is 0 Å². The van der Waals surface area contributed by atoms with E-state index in [1.807, 2.05) is 54.6 Å². The number of likely N-dealkylation sites (tertiary alicyclic amines) is 1. The number of hydrogen-bond acceptors (Lipinski definition) is 4. The van der Waals surface area contributed by atoms with Crippen molar-refractivity contribution in [2.75, 3.05) is 20.2 Å². The van der Waals surface area contributed by atoms with Crippen LogP contribution in [0.1, 0.15) is 34.5 Å². The van der Waals surface area contributed by atoms with Gasteiger partial charge in [0.25, 0.3) is 5.91 Å². The molecule has 1 N–H and O–H groups in total. The molecule has 1 saturated heterocycles. The Hall–Kier alpha value is -3.12. The predicted octanol–water partition coefficient (Wildman–Crippen LogP) is 3.84. The molecule has 0 atom stereocenters. The van der Waals surface area contributed by atoms with Crippen molar-refractivity contribution in [3.05, 3.63) is 71.5 Å². The van der Waals surface area contributed by atoms with Crippen LogP contribution in [0.5, 0.6) is 0 Å². The zero-order chi connectivity index (χ0) is 20.4. The first-order valence-corrected chi connectivity index (χ1v) is 9.64. The molecule has 1 aliphatic heterocycles. The normalized spacial score (nSPS) is 16.1. The van der Waals surface area contributed by atoms with Gasteiger partial charge in [0.05, 0.1) is 12.0 Å². The summed E-state index contributed by atoms with van der Waals surface area (Å²) in [6.45, 7) is 0.974. The Balaban J connectivity index is 1.60. The van der Waals surface area contributed by atoms with Crippen molar-refractivity contribution in [3.63, 3.8) is 0 Å². The lowest BCUT2D eigenvalue weighted by molar-refractivity contribution is -0.145. The molecule has 2 heterocycles. The second-order valence-corrected chi connectivity index (χ2v) is 7.38. The van der Waals surface area contributed by atoms with Gasteiger partial charge >= 0.3 is 5.97 Å². The number of furan rings is 1. The molecular weight excluding hydrogens is 370 g/mol. The van der Waals surface area contributed by atoms with Gasteiger partial charge in [-0.05, 0) is 24.5 Å². The number of carboxylic acids is 1. The molecule has 6 nitrogen and oxygen atoms in total. The number of amides is 1. The number of rotatable bonds is 5. The van der Waals surface area contributed by atoms with Gasteiger partial charge in [-0.1, -0.05) is 48.5 Å². The smallest absolute Gasteiger partial charge is 0.314 e. The van der Waals surface area contributed by atoms with E-state index in [0.29, 0.717) is 31.5 Å². The Morgan fingerprint density at radius 2 is 1.72 bits per heavy atom. The zero-order valence-electron chi connectivity index (χ0n) is 16.3. The maximum absolute atomic E-state index is 13.2. The summed E-state index contributed by atoms with van der Waals surface area (Å²) in [7, 11) is 1.58. The first kappa shape index (κ1) is 19.2. The highest BCUT2D eigenvalue weighted by molar-refractivity contribution is 5.99. The summed E-state index contributed by atoms with van der Waals surface area (Å²) in [5.74, 6) is -0.796. The Kier molecular flexibility index (Phi) is 5.11. The SMILES string of the molecule is COCc1c(C(=O)N2CCC(C(=O)O)(c3ccccc3)CC2)oc2ccccc12. The first-order valence-electron chi connectivity index (χ1n) is 9.64. The van der Waals surface area contributed by atoms with Crippen LogP contribution >= 0.6 is 0 Å². The van der Waals surface area contributed by atoms with Crippen LogP contribution in [0.4, 0.5) is 0 Å². The maximum Gasteiger partial charge on any atom is 0.314 e. The van der Waals surface area contributed by atoms with Gasteiger partial charge in [0.15, 0.2) is 5.76 Å². The number of ether oxygens (including phenoxy) is 1.